The third-order valence-corrected chi connectivity index (χ3v) is 4.27. The number of amides is 3. The molecule has 4 N–H and O–H groups in total. The number of benzene rings is 2. The van der Waals surface area contributed by atoms with Crippen molar-refractivity contribution in [3.05, 3.63) is 71.3 Å². The lowest BCUT2D eigenvalue weighted by molar-refractivity contribution is -0.117. The van der Waals surface area contributed by atoms with Gasteiger partial charge in [-0.05, 0) is 36.2 Å². The number of primary amides is 1. The number of nitrogens with one attached hydrogen (secondary N) is 2. The Hall–Kier alpha value is -3.81. The lowest BCUT2D eigenvalue weighted by atomic mass is 10.0. The minimum absolute atomic E-state index is 0.226. The van der Waals surface area contributed by atoms with Crippen molar-refractivity contribution >= 4 is 17.7 Å². The van der Waals surface area contributed by atoms with E-state index >= 15 is 0 Å². The van der Waals surface area contributed by atoms with E-state index in [1.165, 1.54) is 7.11 Å². The van der Waals surface area contributed by atoms with Gasteiger partial charge in [0.05, 0.1) is 20.8 Å². The highest BCUT2D eigenvalue weighted by atomic mass is 16.5. The van der Waals surface area contributed by atoms with Crippen molar-refractivity contribution in [1.29, 1.82) is 0 Å². The van der Waals surface area contributed by atoms with E-state index in [1.807, 2.05) is 0 Å². The lowest BCUT2D eigenvalue weighted by Crippen LogP contribution is -2.33. The minimum Gasteiger partial charge on any atom is -0.493 e. The number of hydrogen-bond acceptors (Lipinski definition) is 5. The summed E-state index contributed by atoms with van der Waals surface area (Å²) in [5.74, 6) is -0.254. The van der Waals surface area contributed by atoms with Crippen LogP contribution in [0.2, 0.25) is 0 Å². The highest BCUT2D eigenvalue weighted by Crippen LogP contribution is 2.33. The average molecular weight is 411 g/mol. The third-order valence-electron chi connectivity index (χ3n) is 4.27. The van der Waals surface area contributed by atoms with E-state index < -0.39 is 11.8 Å². The molecule has 158 valence electrons. The number of methoxy groups -OCH3 is 2. The zero-order chi connectivity index (χ0) is 22.1. The summed E-state index contributed by atoms with van der Waals surface area (Å²) in [6.07, 6.45) is 2.25. The summed E-state index contributed by atoms with van der Waals surface area (Å²) in [6.45, 7) is 3.77. The molecule has 8 heteroatoms. The van der Waals surface area contributed by atoms with Gasteiger partial charge in [-0.2, -0.15) is 0 Å². The van der Waals surface area contributed by atoms with Gasteiger partial charge in [-0.1, -0.05) is 18.2 Å². The SMILES string of the molecule is C=CCc1cc(C(=O)NCc2ccc(C(=O)NCC(N)=O)cc2)cc(OC)c1OC. The monoisotopic (exact) mass is 411 g/mol. The molecule has 0 aliphatic carbocycles. The summed E-state index contributed by atoms with van der Waals surface area (Å²) in [6, 6.07) is 10.0. The Kier molecular flexibility index (Phi) is 7.99. The first-order chi connectivity index (χ1) is 14.4. The first-order valence-corrected chi connectivity index (χ1v) is 9.19. The number of rotatable bonds is 10. The molecule has 0 aliphatic heterocycles. The molecule has 0 saturated heterocycles. The van der Waals surface area contributed by atoms with E-state index in [4.69, 9.17) is 15.2 Å². The van der Waals surface area contributed by atoms with E-state index in [9.17, 15) is 14.4 Å². The van der Waals surface area contributed by atoms with Crippen molar-refractivity contribution < 1.29 is 23.9 Å². The summed E-state index contributed by atoms with van der Waals surface area (Å²) in [4.78, 5) is 35.3. The van der Waals surface area contributed by atoms with Crippen LogP contribution in [0.5, 0.6) is 11.5 Å². The van der Waals surface area contributed by atoms with Crippen LogP contribution < -0.4 is 25.8 Å². The molecule has 2 aromatic rings. The van der Waals surface area contributed by atoms with Crippen LogP contribution in [0.3, 0.4) is 0 Å². The van der Waals surface area contributed by atoms with E-state index in [1.54, 1.807) is 49.6 Å². The second-order valence-electron chi connectivity index (χ2n) is 6.39. The number of carbonyl (C=O) groups is 3. The lowest BCUT2D eigenvalue weighted by Gasteiger charge is -2.14. The van der Waals surface area contributed by atoms with Crippen LogP contribution in [0.25, 0.3) is 0 Å². The van der Waals surface area contributed by atoms with Crippen LogP contribution in [-0.4, -0.2) is 38.5 Å². The van der Waals surface area contributed by atoms with Crippen molar-refractivity contribution in [2.45, 2.75) is 13.0 Å². The first kappa shape index (κ1) is 22.5. The number of ether oxygens (including phenoxy) is 2. The average Bonchev–Trinajstić information content (AvgIpc) is 2.75. The second kappa shape index (κ2) is 10.7. The van der Waals surface area contributed by atoms with Crippen LogP contribution in [-0.2, 0) is 17.8 Å². The summed E-state index contributed by atoms with van der Waals surface area (Å²) >= 11 is 0. The van der Waals surface area contributed by atoms with Gasteiger partial charge in [-0.25, -0.2) is 0 Å². The van der Waals surface area contributed by atoms with Crippen molar-refractivity contribution in [1.82, 2.24) is 10.6 Å². The van der Waals surface area contributed by atoms with Crippen LogP contribution >= 0.6 is 0 Å². The number of nitrogens with two attached hydrogens (primary N) is 1. The van der Waals surface area contributed by atoms with Gasteiger partial charge in [0, 0.05) is 23.2 Å². The third kappa shape index (κ3) is 5.84. The Balaban J connectivity index is 2.06. The Morgan fingerprint density at radius 1 is 1.00 bits per heavy atom. The van der Waals surface area contributed by atoms with Gasteiger partial charge >= 0.3 is 0 Å². The van der Waals surface area contributed by atoms with Gasteiger partial charge in [0.15, 0.2) is 11.5 Å². The molecule has 0 bridgehead atoms. The highest BCUT2D eigenvalue weighted by molar-refractivity contribution is 5.96. The number of carbonyl (C=O) groups excluding carboxylic acids is 3. The van der Waals surface area contributed by atoms with Crippen molar-refractivity contribution in [3.63, 3.8) is 0 Å². The molecule has 3 amide bonds. The van der Waals surface area contributed by atoms with Crippen LogP contribution in [0.15, 0.2) is 49.1 Å². The summed E-state index contributed by atoms with van der Waals surface area (Å²) < 4.78 is 10.7. The molecule has 0 spiro atoms. The van der Waals surface area contributed by atoms with Gasteiger partial charge in [0.2, 0.25) is 5.91 Å². The molecule has 0 atom stereocenters. The largest absolute Gasteiger partial charge is 0.493 e. The van der Waals surface area contributed by atoms with Gasteiger partial charge in [0.1, 0.15) is 0 Å². The maximum atomic E-state index is 12.6. The van der Waals surface area contributed by atoms with E-state index in [0.29, 0.717) is 29.0 Å². The predicted octanol–water partition coefficient (Wildman–Crippen LogP) is 1.58. The summed E-state index contributed by atoms with van der Waals surface area (Å²) in [7, 11) is 3.06. The normalized spacial score (nSPS) is 10.1. The van der Waals surface area contributed by atoms with E-state index in [0.717, 1.165) is 11.1 Å². The standard InChI is InChI=1S/C22H25N3O5/c1-4-5-16-10-17(11-18(29-2)20(16)30-3)22(28)24-12-14-6-8-15(9-7-14)21(27)25-13-19(23)26/h4,6-11H,1,5,12-13H2,2-3H3,(H2,23,26)(H,24,28)(H,25,27). The quantitative estimate of drug-likeness (QED) is 0.513. The molecule has 0 aromatic heterocycles. The summed E-state index contributed by atoms with van der Waals surface area (Å²) in [5, 5.41) is 5.25. The fourth-order valence-corrected chi connectivity index (χ4v) is 2.81. The van der Waals surface area contributed by atoms with Crippen molar-refractivity contribution in [2.24, 2.45) is 5.73 Å². The van der Waals surface area contributed by atoms with Gasteiger partial charge in [0.25, 0.3) is 11.8 Å². The van der Waals surface area contributed by atoms with Gasteiger partial charge in [-0.3, -0.25) is 14.4 Å². The maximum Gasteiger partial charge on any atom is 0.251 e. The van der Waals surface area contributed by atoms with E-state index in [-0.39, 0.29) is 19.0 Å². The van der Waals surface area contributed by atoms with Crippen molar-refractivity contribution in [3.8, 4) is 11.5 Å². The number of allylic oxidation sites excluding steroid dienone is 1. The molecular weight excluding hydrogens is 386 g/mol. The summed E-state index contributed by atoms with van der Waals surface area (Å²) in [5.41, 5.74) is 7.43. The highest BCUT2D eigenvalue weighted by Gasteiger charge is 2.15. The molecule has 0 saturated carbocycles. The fourth-order valence-electron chi connectivity index (χ4n) is 2.81. The van der Waals surface area contributed by atoms with E-state index in [2.05, 4.69) is 17.2 Å². The Morgan fingerprint density at radius 3 is 2.23 bits per heavy atom. The van der Waals surface area contributed by atoms with Crippen LogP contribution in [0, 0.1) is 0 Å². The fraction of sp³-hybridized carbons (Fsp3) is 0.227. The molecule has 2 aromatic carbocycles. The topological polar surface area (TPSA) is 120 Å². The Bertz CT molecular complexity index is 939. The van der Waals surface area contributed by atoms with Gasteiger partial charge < -0.3 is 25.8 Å². The maximum absolute atomic E-state index is 12.6. The van der Waals surface area contributed by atoms with Gasteiger partial charge in [-0.15, -0.1) is 6.58 Å². The second-order valence-corrected chi connectivity index (χ2v) is 6.39. The smallest absolute Gasteiger partial charge is 0.251 e. The first-order valence-electron chi connectivity index (χ1n) is 9.19. The molecule has 0 radical (unpaired) electrons. The predicted molar refractivity (Wildman–Crippen MR) is 113 cm³/mol. The molecule has 0 heterocycles. The van der Waals surface area contributed by atoms with Crippen LogP contribution in [0.4, 0.5) is 0 Å². The molecule has 0 fully saturated rings. The molecular formula is C22H25N3O5. The minimum atomic E-state index is -0.617. The Labute approximate surface area is 175 Å². The van der Waals surface area contributed by atoms with Crippen molar-refractivity contribution in [2.75, 3.05) is 20.8 Å². The van der Waals surface area contributed by atoms with Crippen LogP contribution in [0.1, 0.15) is 31.8 Å². The molecule has 30 heavy (non-hydrogen) atoms. The molecule has 0 aliphatic rings. The molecule has 8 nitrogen and oxygen atoms in total. The molecule has 0 unspecified atom stereocenters. The zero-order valence-corrected chi connectivity index (χ0v) is 17.0. The molecule has 2 rings (SSSR count). The zero-order valence-electron chi connectivity index (χ0n) is 17.0. The number of hydrogen-bond donors (Lipinski definition) is 3. The Morgan fingerprint density at radius 2 is 1.67 bits per heavy atom.